The highest BCUT2D eigenvalue weighted by Crippen LogP contribution is 2.21. The molecule has 0 aliphatic carbocycles. The van der Waals surface area contributed by atoms with Gasteiger partial charge in [0.15, 0.2) is 0 Å². The predicted octanol–water partition coefficient (Wildman–Crippen LogP) is 2.65. The molecular weight excluding hydrogens is 372 g/mol. The number of fused-ring (bicyclic) bond motifs is 1. The molecule has 0 saturated carbocycles. The second-order valence-electron chi connectivity index (χ2n) is 6.16. The number of hydrogen-bond acceptors (Lipinski definition) is 5. The van der Waals surface area contributed by atoms with Crippen LogP contribution in [0.5, 0.6) is 5.75 Å². The third kappa shape index (κ3) is 3.82. The second kappa shape index (κ2) is 7.22. The average molecular weight is 393 g/mol. The molecule has 138 valence electrons. The van der Waals surface area contributed by atoms with E-state index < -0.39 is 16.1 Å². The summed E-state index contributed by atoms with van der Waals surface area (Å²) >= 11 is 1.03. The van der Waals surface area contributed by atoms with Crippen LogP contribution in [0.15, 0.2) is 52.2 Å². The first kappa shape index (κ1) is 18.6. The number of aromatic nitrogens is 1. The number of sulfonamides is 1. The van der Waals surface area contributed by atoms with E-state index in [0.29, 0.717) is 4.70 Å². The highest BCUT2D eigenvalue weighted by molar-refractivity contribution is 7.89. The van der Waals surface area contributed by atoms with E-state index in [1.165, 1.54) is 16.7 Å². The highest BCUT2D eigenvalue weighted by atomic mass is 32.2. The van der Waals surface area contributed by atoms with Crippen LogP contribution in [0.2, 0.25) is 0 Å². The Bertz CT molecular complexity index is 1100. The summed E-state index contributed by atoms with van der Waals surface area (Å²) in [6, 6.07) is 11.8. The van der Waals surface area contributed by atoms with Crippen LogP contribution in [0.25, 0.3) is 10.2 Å². The largest absolute Gasteiger partial charge is 0.492 e. The zero-order chi connectivity index (χ0) is 18.9. The van der Waals surface area contributed by atoms with E-state index in [4.69, 9.17) is 4.74 Å². The van der Waals surface area contributed by atoms with Crippen molar-refractivity contribution in [1.29, 1.82) is 0 Å². The standard InChI is InChI=1S/C18H20N2O4S2/c1-12-6-4-5-7-16(12)24-11-13(2)19-26(22,23)14-8-9-15-17(10-14)25-18(21)20(15)3/h4-10,13,19H,11H2,1-3H3/t13-/m1/s1. The van der Waals surface area contributed by atoms with Gasteiger partial charge in [0.2, 0.25) is 10.0 Å². The van der Waals surface area contributed by atoms with Crippen LogP contribution in [0.3, 0.4) is 0 Å². The van der Waals surface area contributed by atoms with Gasteiger partial charge in [-0.05, 0) is 43.7 Å². The summed E-state index contributed by atoms with van der Waals surface area (Å²) < 4.78 is 35.7. The maximum Gasteiger partial charge on any atom is 0.307 e. The maximum absolute atomic E-state index is 12.6. The molecule has 0 aliphatic heterocycles. The molecule has 1 aromatic heterocycles. The molecule has 0 aliphatic rings. The van der Waals surface area contributed by atoms with Gasteiger partial charge in [-0.15, -0.1) is 0 Å². The fraction of sp³-hybridized carbons (Fsp3) is 0.278. The molecule has 0 bridgehead atoms. The lowest BCUT2D eigenvalue weighted by Crippen LogP contribution is -2.36. The van der Waals surface area contributed by atoms with Crippen molar-refractivity contribution in [3.05, 3.63) is 57.7 Å². The lowest BCUT2D eigenvalue weighted by molar-refractivity contribution is 0.286. The predicted molar refractivity (Wildman–Crippen MR) is 104 cm³/mol. The molecule has 0 unspecified atom stereocenters. The summed E-state index contributed by atoms with van der Waals surface area (Å²) in [6.45, 7) is 3.89. The van der Waals surface area contributed by atoms with E-state index in [2.05, 4.69) is 4.72 Å². The number of aryl methyl sites for hydroxylation is 2. The lowest BCUT2D eigenvalue weighted by atomic mass is 10.2. The molecule has 1 atom stereocenters. The molecular formula is C18H20N2O4S2. The van der Waals surface area contributed by atoms with Gasteiger partial charge in [0.1, 0.15) is 12.4 Å². The molecule has 3 rings (SSSR count). The first-order valence-electron chi connectivity index (χ1n) is 8.08. The Labute approximate surface area is 156 Å². The van der Waals surface area contributed by atoms with Crippen molar-refractivity contribution in [1.82, 2.24) is 9.29 Å². The number of nitrogens with one attached hydrogen (secondary N) is 1. The number of benzene rings is 2. The Morgan fingerprint density at radius 2 is 1.96 bits per heavy atom. The summed E-state index contributed by atoms with van der Waals surface area (Å²) in [5, 5.41) is 0. The molecule has 2 aromatic carbocycles. The van der Waals surface area contributed by atoms with E-state index in [1.807, 2.05) is 31.2 Å². The molecule has 0 spiro atoms. The number of thiazole rings is 1. The molecule has 26 heavy (non-hydrogen) atoms. The SMILES string of the molecule is Cc1ccccc1OC[C@@H](C)NS(=O)(=O)c1ccc2c(c1)sc(=O)n2C. The number of ether oxygens (including phenoxy) is 1. The lowest BCUT2D eigenvalue weighted by Gasteiger charge is -2.16. The van der Waals surface area contributed by atoms with Gasteiger partial charge in [0.05, 0.1) is 21.2 Å². The van der Waals surface area contributed by atoms with Gasteiger partial charge in [-0.1, -0.05) is 29.5 Å². The number of hydrogen-bond donors (Lipinski definition) is 1. The summed E-state index contributed by atoms with van der Waals surface area (Å²) in [6.07, 6.45) is 0. The molecule has 3 aromatic rings. The van der Waals surface area contributed by atoms with E-state index in [1.54, 1.807) is 20.0 Å². The van der Waals surface area contributed by atoms with Gasteiger partial charge in [-0.2, -0.15) is 0 Å². The summed E-state index contributed by atoms with van der Waals surface area (Å²) in [7, 11) is -2.04. The number of para-hydroxylation sites is 1. The zero-order valence-electron chi connectivity index (χ0n) is 14.7. The smallest absolute Gasteiger partial charge is 0.307 e. The van der Waals surface area contributed by atoms with Crippen molar-refractivity contribution < 1.29 is 13.2 Å². The van der Waals surface area contributed by atoms with Gasteiger partial charge in [-0.3, -0.25) is 4.79 Å². The Balaban J connectivity index is 1.74. The van der Waals surface area contributed by atoms with E-state index in [-0.39, 0.29) is 16.4 Å². The Kier molecular flexibility index (Phi) is 5.17. The highest BCUT2D eigenvalue weighted by Gasteiger charge is 2.19. The fourth-order valence-corrected chi connectivity index (χ4v) is 4.83. The van der Waals surface area contributed by atoms with Crippen LogP contribution in [-0.4, -0.2) is 25.6 Å². The Morgan fingerprint density at radius 3 is 2.69 bits per heavy atom. The van der Waals surface area contributed by atoms with Gasteiger partial charge in [0, 0.05) is 7.05 Å². The summed E-state index contributed by atoms with van der Waals surface area (Å²) in [5.74, 6) is 0.731. The van der Waals surface area contributed by atoms with Gasteiger partial charge >= 0.3 is 4.87 Å². The van der Waals surface area contributed by atoms with Gasteiger partial charge in [-0.25, -0.2) is 13.1 Å². The van der Waals surface area contributed by atoms with Crippen LogP contribution in [-0.2, 0) is 17.1 Å². The van der Waals surface area contributed by atoms with E-state index in [0.717, 1.165) is 28.2 Å². The van der Waals surface area contributed by atoms with E-state index in [9.17, 15) is 13.2 Å². The molecule has 1 N–H and O–H groups in total. The quantitative estimate of drug-likeness (QED) is 0.700. The Hall–Kier alpha value is -2.16. The average Bonchev–Trinajstić information content (AvgIpc) is 2.87. The van der Waals surface area contributed by atoms with Gasteiger partial charge < -0.3 is 9.30 Å². The monoisotopic (exact) mass is 392 g/mol. The zero-order valence-corrected chi connectivity index (χ0v) is 16.4. The summed E-state index contributed by atoms with van der Waals surface area (Å²) in [5.41, 5.74) is 1.71. The van der Waals surface area contributed by atoms with Crippen LogP contribution in [0, 0.1) is 6.92 Å². The fourth-order valence-electron chi connectivity index (χ4n) is 2.58. The molecule has 0 fully saturated rings. The second-order valence-corrected chi connectivity index (χ2v) is 8.86. The molecule has 0 amide bonds. The van der Waals surface area contributed by atoms with Crippen molar-refractivity contribution in [2.45, 2.75) is 24.8 Å². The molecule has 8 heteroatoms. The van der Waals surface area contributed by atoms with Crippen molar-refractivity contribution in [3.63, 3.8) is 0 Å². The summed E-state index contributed by atoms with van der Waals surface area (Å²) in [4.78, 5) is 11.7. The first-order chi connectivity index (χ1) is 12.3. The number of nitrogens with zero attached hydrogens (tertiary/aromatic N) is 1. The maximum atomic E-state index is 12.6. The van der Waals surface area contributed by atoms with Gasteiger partial charge in [0.25, 0.3) is 0 Å². The molecule has 0 radical (unpaired) electrons. The molecule has 1 heterocycles. The normalized spacial score (nSPS) is 13.0. The topological polar surface area (TPSA) is 77.4 Å². The minimum absolute atomic E-state index is 0.123. The number of rotatable bonds is 6. The van der Waals surface area contributed by atoms with Crippen LogP contribution < -0.4 is 14.3 Å². The van der Waals surface area contributed by atoms with E-state index >= 15 is 0 Å². The van der Waals surface area contributed by atoms with Crippen molar-refractivity contribution in [3.8, 4) is 5.75 Å². The van der Waals surface area contributed by atoms with Crippen molar-refractivity contribution >= 4 is 31.6 Å². The van der Waals surface area contributed by atoms with Crippen LogP contribution in [0.1, 0.15) is 12.5 Å². The minimum atomic E-state index is -3.70. The van der Waals surface area contributed by atoms with Crippen molar-refractivity contribution in [2.24, 2.45) is 7.05 Å². The van der Waals surface area contributed by atoms with Crippen molar-refractivity contribution in [2.75, 3.05) is 6.61 Å². The van der Waals surface area contributed by atoms with Crippen LogP contribution >= 0.6 is 11.3 Å². The molecule has 6 nitrogen and oxygen atoms in total. The third-order valence-corrected chi connectivity index (χ3v) is 6.60. The third-order valence-electron chi connectivity index (χ3n) is 4.01. The Morgan fingerprint density at radius 1 is 1.23 bits per heavy atom. The first-order valence-corrected chi connectivity index (χ1v) is 10.4. The molecule has 0 saturated heterocycles. The minimum Gasteiger partial charge on any atom is -0.492 e. The van der Waals surface area contributed by atoms with Crippen LogP contribution in [0.4, 0.5) is 0 Å².